The van der Waals surface area contributed by atoms with E-state index in [4.69, 9.17) is 4.74 Å². The molecule has 30 heavy (non-hydrogen) atoms. The van der Waals surface area contributed by atoms with Gasteiger partial charge in [-0.15, -0.1) is 11.3 Å². The minimum atomic E-state index is -0.387. The summed E-state index contributed by atoms with van der Waals surface area (Å²) in [6, 6.07) is 11.0. The maximum Gasteiger partial charge on any atom is 0.265 e. The van der Waals surface area contributed by atoms with E-state index in [0.29, 0.717) is 17.1 Å². The van der Waals surface area contributed by atoms with Crippen LogP contribution in [0.15, 0.2) is 47.8 Å². The molecule has 4 rings (SSSR count). The molecule has 0 radical (unpaired) electrons. The lowest BCUT2D eigenvalue weighted by atomic mass is 10.1. The minimum absolute atomic E-state index is 0.131. The molecule has 0 aliphatic carbocycles. The molecule has 2 amide bonds. The summed E-state index contributed by atoms with van der Waals surface area (Å²) < 4.78 is 18.6. The van der Waals surface area contributed by atoms with Gasteiger partial charge in [0.1, 0.15) is 18.1 Å². The number of carbonyl (C=O) groups excluding carboxylic acids is 2. The molecule has 154 valence electrons. The summed E-state index contributed by atoms with van der Waals surface area (Å²) >= 11 is 1.61. The lowest BCUT2D eigenvalue weighted by molar-refractivity contribution is -0.123. The molecule has 0 atom stereocenters. The molecule has 0 bridgehead atoms. The van der Waals surface area contributed by atoms with Crippen LogP contribution < -0.4 is 15.0 Å². The van der Waals surface area contributed by atoms with Gasteiger partial charge in [0.05, 0.1) is 16.4 Å². The fraction of sp³-hybridized carbons (Fsp3) is 0.227. The average Bonchev–Trinajstić information content (AvgIpc) is 3.20. The Labute approximate surface area is 177 Å². The molecule has 8 heteroatoms. The summed E-state index contributed by atoms with van der Waals surface area (Å²) in [7, 11) is 0. The van der Waals surface area contributed by atoms with E-state index in [1.165, 1.54) is 29.2 Å². The monoisotopic (exact) mass is 425 g/mol. The van der Waals surface area contributed by atoms with Gasteiger partial charge in [0.25, 0.3) is 5.91 Å². The molecule has 3 aromatic rings. The lowest BCUT2D eigenvalue weighted by Crippen LogP contribution is -2.43. The SMILES string of the molecule is CCCc1nc(-c2ccc3c(c2)N(CC(=O)Nc2ccc(F)cc2)C(=O)CO3)cs1. The van der Waals surface area contributed by atoms with Crippen LogP contribution in [0, 0.1) is 5.82 Å². The Morgan fingerprint density at radius 1 is 1.27 bits per heavy atom. The molecule has 2 heterocycles. The molecule has 1 aliphatic rings. The summed E-state index contributed by atoms with van der Waals surface area (Å²) in [5, 5.41) is 5.73. The first-order chi connectivity index (χ1) is 14.5. The first kappa shape index (κ1) is 20.0. The zero-order valence-electron chi connectivity index (χ0n) is 16.4. The van der Waals surface area contributed by atoms with Gasteiger partial charge in [-0.25, -0.2) is 9.37 Å². The topological polar surface area (TPSA) is 71.5 Å². The van der Waals surface area contributed by atoms with Crippen molar-refractivity contribution in [2.45, 2.75) is 19.8 Å². The van der Waals surface area contributed by atoms with Crippen LogP contribution in [-0.4, -0.2) is 29.9 Å². The van der Waals surface area contributed by atoms with Gasteiger partial charge in [-0.2, -0.15) is 0 Å². The predicted octanol–water partition coefficient (Wildman–Crippen LogP) is 4.27. The van der Waals surface area contributed by atoms with Crippen LogP contribution in [0.5, 0.6) is 5.75 Å². The van der Waals surface area contributed by atoms with Crippen LogP contribution in [-0.2, 0) is 16.0 Å². The number of fused-ring (bicyclic) bond motifs is 1. The van der Waals surface area contributed by atoms with Crippen molar-refractivity contribution in [3.05, 3.63) is 58.7 Å². The first-order valence-corrected chi connectivity index (χ1v) is 10.5. The summed E-state index contributed by atoms with van der Waals surface area (Å²) in [4.78, 5) is 31.0. The van der Waals surface area contributed by atoms with Crippen molar-refractivity contribution >= 4 is 34.5 Å². The van der Waals surface area contributed by atoms with Gasteiger partial charge in [-0.1, -0.05) is 6.92 Å². The second kappa shape index (κ2) is 8.62. The zero-order valence-corrected chi connectivity index (χ0v) is 17.2. The Balaban J connectivity index is 1.56. The highest BCUT2D eigenvalue weighted by Crippen LogP contribution is 2.36. The van der Waals surface area contributed by atoms with Crippen LogP contribution >= 0.6 is 11.3 Å². The Morgan fingerprint density at radius 3 is 2.83 bits per heavy atom. The van der Waals surface area contributed by atoms with E-state index in [2.05, 4.69) is 17.2 Å². The minimum Gasteiger partial charge on any atom is -0.482 e. The van der Waals surface area contributed by atoms with Gasteiger partial charge in [0, 0.05) is 16.6 Å². The number of aryl methyl sites for hydroxylation is 1. The fourth-order valence-corrected chi connectivity index (χ4v) is 4.09. The van der Waals surface area contributed by atoms with E-state index < -0.39 is 0 Å². The van der Waals surface area contributed by atoms with Crippen LogP contribution in [0.4, 0.5) is 15.8 Å². The quantitative estimate of drug-likeness (QED) is 0.640. The molecule has 0 fully saturated rings. The third-order valence-corrected chi connectivity index (χ3v) is 5.55. The molecule has 1 aromatic heterocycles. The number of ether oxygens (including phenoxy) is 1. The van der Waals surface area contributed by atoms with Gasteiger partial charge in [-0.3, -0.25) is 14.5 Å². The van der Waals surface area contributed by atoms with Crippen molar-refractivity contribution in [1.29, 1.82) is 0 Å². The maximum atomic E-state index is 13.1. The number of amides is 2. The van der Waals surface area contributed by atoms with Crippen LogP contribution in [0.1, 0.15) is 18.4 Å². The van der Waals surface area contributed by atoms with Gasteiger partial charge >= 0.3 is 0 Å². The Hall–Kier alpha value is -3.26. The highest BCUT2D eigenvalue weighted by Gasteiger charge is 2.28. The van der Waals surface area contributed by atoms with E-state index in [1.54, 1.807) is 17.4 Å². The number of nitrogens with zero attached hydrogens (tertiary/aromatic N) is 2. The van der Waals surface area contributed by atoms with E-state index >= 15 is 0 Å². The molecule has 0 saturated heterocycles. The van der Waals surface area contributed by atoms with Crippen LogP contribution in [0.2, 0.25) is 0 Å². The number of hydrogen-bond acceptors (Lipinski definition) is 5. The number of rotatable bonds is 6. The number of benzene rings is 2. The van der Waals surface area contributed by atoms with Crippen molar-refractivity contribution in [2.75, 3.05) is 23.4 Å². The fourth-order valence-electron chi connectivity index (χ4n) is 3.18. The summed E-state index contributed by atoms with van der Waals surface area (Å²) in [6.45, 7) is 1.81. The number of halogens is 1. The molecular weight excluding hydrogens is 405 g/mol. The molecule has 0 spiro atoms. The molecule has 1 N–H and O–H groups in total. The average molecular weight is 425 g/mol. The van der Waals surface area contributed by atoms with Crippen molar-refractivity contribution in [3.8, 4) is 17.0 Å². The highest BCUT2D eigenvalue weighted by atomic mass is 32.1. The Kier molecular flexibility index (Phi) is 5.76. The third-order valence-electron chi connectivity index (χ3n) is 4.64. The molecule has 6 nitrogen and oxygen atoms in total. The normalized spacial score (nSPS) is 13.0. The van der Waals surface area contributed by atoms with Gasteiger partial charge in [-0.05, 0) is 55.3 Å². The molecule has 2 aromatic carbocycles. The molecule has 1 aliphatic heterocycles. The second-order valence-electron chi connectivity index (χ2n) is 6.88. The summed E-state index contributed by atoms with van der Waals surface area (Å²) in [5.41, 5.74) is 2.68. The number of anilines is 2. The molecule has 0 unspecified atom stereocenters. The van der Waals surface area contributed by atoms with E-state index in [0.717, 1.165) is 29.1 Å². The number of hydrogen-bond donors (Lipinski definition) is 1. The number of thiazole rings is 1. The zero-order chi connectivity index (χ0) is 21.1. The van der Waals surface area contributed by atoms with Crippen molar-refractivity contribution < 1.29 is 18.7 Å². The maximum absolute atomic E-state index is 13.1. The smallest absolute Gasteiger partial charge is 0.265 e. The lowest BCUT2D eigenvalue weighted by Gasteiger charge is -2.29. The van der Waals surface area contributed by atoms with Crippen LogP contribution in [0.3, 0.4) is 0 Å². The van der Waals surface area contributed by atoms with E-state index in [-0.39, 0.29) is 30.8 Å². The van der Waals surface area contributed by atoms with Crippen molar-refractivity contribution in [3.63, 3.8) is 0 Å². The van der Waals surface area contributed by atoms with E-state index in [1.807, 2.05) is 17.5 Å². The van der Waals surface area contributed by atoms with Gasteiger partial charge in [0.15, 0.2) is 6.61 Å². The van der Waals surface area contributed by atoms with Crippen LogP contribution in [0.25, 0.3) is 11.3 Å². The first-order valence-electron chi connectivity index (χ1n) is 9.61. The second-order valence-corrected chi connectivity index (χ2v) is 7.83. The highest BCUT2D eigenvalue weighted by molar-refractivity contribution is 7.09. The number of carbonyl (C=O) groups is 2. The predicted molar refractivity (Wildman–Crippen MR) is 114 cm³/mol. The third kappa shape index (κ3) is 4.33. The molecular formula is C22H20FN3O3S. The van der Waals surface area contributed by atoms with Crippen molar-refractivity contribution in [2.24, 2.45) is 0 Å². The summed E-state index contributed by atoms with van der Waals surface area (Å²) in [5.74, 6) is -0.537. The van der Waals surface area contributed by atoms with Gasteiger partial charge in [0.2, 0.25) is 5.91 Å². The Morgan fingerprint density at radius 2 is 2.07 bits per heavy atom. The van der Waals surface area contributed by atoms with Gasteiger partial charge < -0.3 is 10.1 Å². The van der Waals surface area contributed by atoms with Crippen molar-refractivity contribution in [1.82, 2.24) is 4.98 Å². The van der Waals surface area contributed by atoms with E-state index in [9.17, 15) is 14.0 Å². The summed E-state index contributed by atoms with van der Waals surface area (Å²) in [6.07, 6.45) is 1.95. The Bertz CT molecular complexity index is 1080. The molecule has 0 saturated carbocycles. The number of aromatic nitrogens is 1. The standard InChI is InChI=1S/C22H20FN3O3S/c1-2-3-21-25-17(13-30-21)14-4-9-19-18(10-14)26(22(28)12-29-19)11-20(27)24-16-7-5-15(23)6-8-16/h4-10,13H,2-3,11-12H2,1H3,(H,24,27). The largest absolute Gasteiger partial charge is 0.482 e. The number of nitrogens with one attached hydrogen (secondary N) is 1.